The summed E-state index contributed by atoms with van der Waals surface area (Å²) in [4.78, 5) is 0. The van der Waals surface area contributed by atoms with E-state index in [0.717, 1.165) is 12.8 Å². The van der Waals surface area contributed by atoms with Gasteiger partial charge < -0.3 is 0 Å². The molecule has 0 bridgehead atoms. The molecule has 1 atom stereocenters. The summed E-state index contributed by atoms with van der Waals surface area (Å²) in [6, 6.07) is 2.41. The highest BCUT2D eigenvalue weighted by Gasteiger charge is 2.41. The molecule has 1 saturated carbocycles. The zero-order valence-corrected chi connectivity index (χ0v) is 8.72. The fraction of sp³-hybridized carbons (Fsp3) is 0.889. The van der Waals surface area contributed by atoms with Crippen LogP contribution in [-0.4, -0.2) is 15.6 Å². The second-order valence-electron chi connectivity index (χ2n) is 3.53. The molecule has 2 rings (SSSR count). The molecule has 2 fully saturated rings. The van der Waals surface area contributed by atoms with Crippen molar-refractivity contribution in [1.29, 1.82) is 5.26 Å². The highest BCUT2D eigenvalue weighted by molar-refractivity contribution is 8.18. The first-order chi connectivity index (χ1) is 5.85. The van der Waals surface area contributed by atoms with Gasteiger partial charge in [-0.25, -0.2) is 0 Å². The van der Waals surface area contributed by atoms with Crippen LogP contribution >= 0.6 is 23.5 Å². The van der Waals surface area contributed by atoms with Crippen LogP contribution < -0.4 is 0 Å². The maximum atomic E-state index is 8.81. The Morgan fingerprint density at radius 1 is 1.33 bits per heavy atom. The van der Waals surface area contributed by atoms with Crippen molar-refractivity contribution < 1.29 is 0 Å². The van der Waals surface area contributed by atoms with Gasteiger partial charge in [-0.2, -0.15) is 5.26 Å². The molecule has 0 amide bonds. The lowest BCUT2D eigenvalue weighted by atomic mass is 10.1. The minimum absolute atomic E-state index is 0.350. The summed E-state index contributed by atoms with van der Waals surface area (Å²) in [5, 5.41) is 8.81. The van der Waals surface area contributed by atoms with Crippen molar-refractivity contribution in [3.8, 4) is 6.07 Å². The predicted octanol–water partition coefficient (Wildman–Crippen LogP) is 2.88. The Morgan fingerprint density at radius 3 is 2.67 bits per heavy atom. The third kappa shape index (κ3) is 1.60. The summed E-state index contributed by atoms with van der Waals surface area (Å²) in [7, 11) is 0. The molecule has 2 aliphatic rings. The summed E-state index contributed by atoms with van der Waals surface area (Å²) in [5.41, 5.74) is 0. The Balaban J connectivity index is 1.99. The number of hydrogen-bond acceptors (Lipinski definition) is 3. The molecule has 1 heterocycles. The van der Waals surface area contributed by atoms with E-state index in [1.54, 1.807) is 0 Å². The topological polar surface area (TPSA) is 23.8 Å². The summed E-state index contributed by atoms with van der Waals surface area (Å²) in [6.45, 7) is 0. The van der Waals surface area contributed by atoms with Crippen LogP contribution in [0.5, 0.6) is 0 Å². The van der Waals surface area contributed by atoms with E-state index in [0.29, 0.717) is 10.00 Å². The second kappa shape index (κ2) is 3.51. The molecule has 0 aromatic carbocycles. The van der Waals surface area contributed by atoms with Crippen molar-refractivity contribution in [2.24, 2.45) is 5.92 Å². The monoisotopic (exact) mass is 199 g/mol. The van der Waals surface area contributed by atoms with Gasteiger partial charge in [-0.05, 0) is 37.2 Å². The molecule has 1 aliphatic heterocycles. The van der Waals surface area contributed by atoms with Crippen molar-refractivity contribution in [2.45, 2.75) is 29.8 Å². The number of hydrogen-bond donors (Lipinski definition) is 0. The number of nitrogens with zero attached hydrogens (tertiary/aromatic N) is 1. The second-order valence-corrected chi connectivity index (χ2v) is 6.75. The van der Waals surface area contributed by atoms with Gasteiger partial charge in [0.05, 0.1) is 10.1 Å². The van der Waals surface area contributed by atoms with E-state index in [9.17, 15) is 0 Å². The van der Waals surface area contributed by atoms with Crippen LogP contribution in [0.4, 0.5) is 0 Å². The van der Waals surface area contributed by atoms with Gasteiger partial charge in [-0.1, -0.05) is 0 Å². The Hall–Kier alpha value is 0.190. The van der Waals surface area contributed by atoms with Crippen molar-refractivity contribution >= 4 is 23.5 Å². The Bertz CT molecular complexity index is 203. The number of thioether (sulfide) groups is 2. The SMILES string of the molecule is N#C[C@H]1CCC2(C1)SCCCS2. The normalized spacial score (nSPS) is 33.4. The Labute approximate surface area is 82.3 Å². The lowest BCUT2D eigenvalue weighted by Crippen LogP contribution is -2.21. The molecule has 66 valence electrons. The number of nitriles is 1. The number of rotatable bonds is 0. The van der Waals surface area contributed by atoms with Crippen molar-refractivity contribution in [3.63, 3.8) is 0 Å². The average molecular weight is 199 g/mol. The maximum Gasteiger partial charge on any atom is 0.0656 e. The van der Waals surface area contributed by atoms with Gasteiger partial charge in [0, 0.05) is 5.92 Å². The standard InChI is InChI=1S/C9H13NS2/c10-7-8-2-3-9(6-8)11-4-1-5-12-9/h8H,1-6H2/t8-/m0/s1. The van der Waals surface area contributed by atoms with Crippen molar-refractivity contribution in [1.82, 2.24) is 0 Å². The van der Waals surface area contributed by atoms with Gasteiger partial charge in [0.2, 0.25) is 0 Å². The van der Waals surface area contributed by atoms with E-state index in [-0.39, 0.29) is 0 Å². The van der Waals surface area contributed by atoms with E-state index < -0.39 is 0 Å². The van der Waals surface area contributed by atoms with Crippen molar-refractivity contribution in [2.75, 3.05) is 11.5 Å². The molecule has 1 spiro atoms. The van der Waals surface area contributed by atoms with Gasteiger partial charge >= 0.3 is 0 Å². The minimum Gasteiger partial charge on any atom is -0.198 e. The molecule has 0 aromatic rings. The van der Waals surface area contributed by atoms with E-state index in [2.05, 4.69) is 29.6 Å². The maximum absolute atomic E-state index is 8.81. The third-order valence-corrected chi connectivity index (χ3v) is 6.12. The summed E-state index contributed by atoms with van der Waals surface area (Å²) in [6.07, 6.45) is 4.89. The van der Waals surface area contributed by atoms with Gasteiger partial charge in [-0.3, -0.25) is 0 Å². The third-order valence-electron chi connectivity index (χ3n) is 2.63. The molecular weight excluding hydrogens is 186 g/mol. The van der Waals surface area contributed by atoms with E-state index in [1.165, 1.54) is 24.3 Å². The van der Waals surface area contributed by atoms with Gasteiger partial charge in [0.15, 0.2) is 0 Å². The lowest BCUT2D eigenvalue weighted by Gasteiger charge is -2.31. The molecule has 0 unspecified atom stereocenters. The zero-order chi connectivity index (χ0) is 8.44. The quantitative estimate of drug-likeness (QED) is 0.599. The predicted molar refractivity (Wildman–Crippen MR) is 55.2 cm³/mol. The highest BCUT2D eigenvalue weighted by atomic mass is 32.2. The first-order valence-electron chi connectivity index (χ1n) is 4.52. The van der Waals surface area contributed by atoms with Crippen LogP contribution in [0.3, 0.4) is 0 Å². The summed E-state index contributed by atoms with van der Waals surface area (Å²) >= 11 is 4.21. The molecule has 3 heteroatoms. The van der Waals surface area contributed by atoms with Crippen LogP contribution in [0.1, 0.15) is 25.7 Å². The fourth-order valence-electron chi connectivity index (χ4n) is 1.96. The van der Waals surface area contributed by atoms with Crippen LogP contribution in [0.25, 0.3) is 0 Å². The van der Waals surface area contributed by atoms with Crippen LogP contribution in [0.2, 0.25) is 0 Å². The lowest BCUT2D eigenvalue weighted by molar-refractivity contribution is 0.697. The molecule has 1 nitrogen and oxygen atoms in total. The minimum atomic E-state index is 0.350. The summed E-state index contributed by atoms with van der Waals surface area (Å²) in [5.74, 6) is 2.97. The van der Waals surface area contributed by atoms with Crippen molar-refractivity contribution in [3.05, 3.63) is 0 Å². The van der Waals surface area contributed by atoms with Gasteiger partial charge in [0.1, 0.15) is 0 Å². The molecular formula is C9H13NS2. The zero-order valence-electron chi connectivity index (χ0n) is 7.08. The first kappa shape index (κ1) is 8.77. The smallest absolute Gasteiger partial charge is 0.0656 e. The largest absolute Gasteiger partial charge is 0.198 e. The molecule has 0 radical (unpaired) electrons. The van der Waals surface area contributed by atoms with Gasteiger partial charge in [0.25, 0.3) is 0 Å². The van der Waals surface area contributed by atoms with Crippen LogP contribution in [0, 0.1) is 17.2 Å². The van der Waals surface area contributed by atoms with E-state index in [4.69, 9.17) is 5.26 Å². The molecule has 0 N–H and O–H groups in total. The Kier molecular flexibility index (Phi) is 2.57. The molecule has 0 aromatic heterocycles. The molecule has 1 saturated heterocycles. The fourth-order valence-corrected chi connectivity index (χ4v) is 5.46. The summed E-state index contributed by atoms with van der Waals surface area (Å²) < 4.78 is 0.457. The highest BCUT2D eigenvalue weighted by Crippen LogP contribution is 2.54. The molecule has 12 heavy (non-hydrogen) atoms. The van der Waals surface area contributed by atoms with Gasteiger partial charge in [-0.15, -0.1) is 23.5 Å². The van der Waals surface area contributed by atoms with E-state index >= 15 is 0 Å². The van der Waals surface area contributed by atoms with E-state index in [1.807, 2.05) is 0 Å². The first-order valence-corrected chi connectivity index (χ1v) is 6.49. The molecule has 1 aliphatic carbocycles. The van der Waals surface area contributed by atoms with Crippen LogP contribution in [0.15, 0.2) is 0 Å². The van der Waals surface area contributed by atoms with Crippen LogP contribution in [-0.2, 0) is 0 Å². The Morgan fingerprint density at radius 2 is 2.08 bits per heavy atom. The average Bonchev–Trinajstić information content (AvgIpc) is 2.50.